The summed E-state index contributed by atoms with van der Waals surface area (Å²) in [4.78, 5) is 12.4. The second kappa shape index (κ2) is 7.26. The molecular formula is C19H17BrN2O. The van der Waals surface area contributed by atoms with Crippen molar-refractivity contribution in [1.29, 1.82) is 5.26 Å². The lowest BCUT2D eigenvalue weighted by atomic mass is 10.0. The number of carbonyl (C=O) groups is 1. The maximum absolute atomic E-state index is 12.4. The van der Waals surface area contributed by atoms with Gasteiger partial charge in [0, 0.05) is 10.2 Å². The van der Waals surface area contributed by atoms with E-state index in [2.05, 4.69) is 21.2 Å². The lowest BCUT2D eigenvalue weighted by molar-refractivity contribution is -0.112. The molecule has 0 bridgehead atoms. The van der Waals surface area contributed by atoms with Crippen molar-refractivity contribution in [2.24, 2.45) is 0 Å². The Kier molecular flexibility index (Phi) is 5.36. The van der Waals surface area contributed by atoms with Crippen molar-refractivity contribution in [3.63, 3.8) is 0 Å². The summed E-state index contributed by atoms with van der Waals surface area (Å²) in [7, 11) is 0. The zero-order chi connectivity index (χ0) is 17.0. The minimum atomic E-state index is -0.404. The minimum Gasteiger partial charge on any atom is -0.321 e. The van der Waals surface area contributed by atoms with E-state index in [-0.39, 0.29) is 5.57 Å². The molecule has 2 rings (SSSR count). The Labute approximate surface area is 144 Å². The van der Waals surface area contributed by atoms with Crippen LogP contribution in [0.2, 0.25) is 0 Å². The first-order valence-electron chi connectivity index (χ1n) is 7.18. The lowest BCUT2D eigenvalue weighted by Crippen LogP contribution is -2.15. The smallest absolute Gasteiger partial charge is 0.266 e. The number of rotatable bonds is 3. The first-order chi connectivity index (χ1) is 10.9. The highest BCUT2D eigenvalue weighted by molar-refractivity contribution is 9.10. The van der Waals surface area contributed by atoms with Gasteiger partial charge in [-0.3, -0.25) is 4.79 Å². The molecule has 0 atom stereocenters. The summed E-state index contributed by atoms with van der Waals surface area (Å²) < 4.78 is 0.836. The van der Waals surface area contributed by atoms with Gasteiger partial charge in [-0.1, -0.05) is 51.8 Å². The number of benzene rings is 2. The van der Waals surface area contributed by atoms with Crippen LogP contribution < -0.4 is 5.32 Å². The Morgan fingerprint density at radius 2 is 1.78 bits per heavy atom. The number of carbonyl (C=O) groups excluding carboxylic acids is 1. The standard InChI is InChI=1S/C19H17BrN2O/c1-12-8-13(2)18(14(3)9-12)22-19(23)16(11-21)10-15-6-4-5-7-17(15)20/h4-10H,1-3H3,(H,22,23)/b16-10-. The molecule has 1 N–H and O–H groups in total. The van der Waals surface area contributed by atoms with Crippen LogP contribution in [0.5, 0.6) is 0 Å². The second-order valence-corrected chi connectivity index (χ2v) is 6.27. The third-order valence-electron chi connectivity index (χ3n) is 3.49. The number of amides is 1. The monoisotopic (exact) mass is 368 g/mol. The number of nitriles is 1. The zero-order valence-corrected chi connectivity index (χ0v) is 14.9. The number of halogens is 1. The highest BCUT2D eigenvalue weighted by Crippen LogP contribution is 2.23. The summed E-state index contributed by atoms with van der Waals surface area (Å²) in [5.41, 5.74) is 4.71. The molecule has 0 heterocycles. The number of hydrogen-bond acceptors (Lipinski definition) is 2. The molecule has 3 nitrogen and oxygen atoms in total. The normalized spacial score (nSPS) is 11.0. The molecule has 0 aliphatic carbocycles. The van der Waals surface area contributed by atoms with Crippen LogP contribution in [-0.2, 0) is 4.79 Å². The van der Waals surface area contributed by atoms with Crippen molar-refractivity contribution in [3.05, 3.63) is 68.7 Å². The van der Waals surface area contributed by atoms with E-state index >= 15 is 0 Å². The number of hydrogen-bond donors (Lipinski definition) is 1. The Hall–Kier alpha value is -2.38. The molecule has 0 spiro atoms. The lowest BCUT2D eigenvalue weighted by Gasteiger charge is -2.12. The Morgan fingerprint density at radius 3 is 2.35 bits per heavy atom. The van der Waals surface area contributed by atoms with Crippen molar-refractivity contribution >= 4 is 33.6 Å². The Balaban J connectivity index is 2.33. The first kappa shape index (κ1) is 17.0. The van der Waals surface area contributed by atoms with Crippen LogP contribution in [0.15, 0.2) is 46.4 Å². The van der Waals surface area contributed by atoms with Crippen molar-refractivity contribution in [2.45, 2.75) is 20.8 Å². The van der Waals surface area contributed by atoms with Gasteiger partial charge in [-0.2, -0.15) is 5.26 Å². The molecule has 0 saturated heterocycles. The van der Waals surface area contributed by atoms with Crippen LogP contribution in [0.1, 0.15) is 22.3 Å². The summed E-state index contributed by atoms with van der Waals surface area (Å²) >= 11 is 3.42. The largest absolute Gasteiger partial charge is 0.321 e. The van der Waals surface area contributed by atoms with Crippen LogP contribution in [0.3, 0.4) is 0 Å². The summed E-state index contributed by atoms with van der Waals surface area (Å²) in [5, 5.41) is 12.2. The molecule has 0 aliphatic rings. The van der Waals surface area contributed by atoms with Crippen molar-refractivity contribution in [2.75, 3.05) is 5.32 Å². The van der Waals surface area contributed by atoms with Crippen LogP contribution in [0.4, 0.5) is 5.69 Å². The fourth-order valence-corrected chi connectivity index (χ4v) is 2.85. The topological polar surface area (TPSA) is 52.9 Å². The molecule has 1 amide bonds. The quantitative estimate of drug-likeness (QED) is 0.617. The fourth-order valence-electron chi connectivity index (χ4n) is 2.45. The molecule has 0 fully saturated rings. The van der Waals surface area contributed by atoms with E-state index in [1.807, 2.05) is 63.2 Å². The van der Waals surface area contributed by atoms with Crippen LogP contribution in [-0.4, -0.2) is 5.91 Å². The summed E-state index contributed by atoms with van der Waals surface area (Å²) in [6, 6.07) is 13.4. The molecule has 4 heteroatoms. The predicted molar refractivity (Wildman–Crippen MR) is 97.0 cm³/mol. The highest BCUT2D eigenvalue weighted by atomic mass is 79.9. The van der Waals surface area contributed by atoms with E-state index in [0.717, 1.165) is 32.4 Å². The van der Waals surface area contributed by atoms with E-state index in [1.165, 1.54) is 0 Å². The van der Waals surface area contributed by atoms with Crippen LogP contribution in [0, 0.1) is 32.1 Å². The van der Waals surface area contributed by atoms with E-state index < -0.39 is 5.91 Å². The first-order valence-corrected chi connectivity index (χ1v) is 7.97. The van der Waals surface area contributed by atoms with Crippen molar-refractivity contribution < 1.29 is 4.79 Å². The fraction of sp³-hybridized carbons (Fsp3) is 0.158. The third kappa shape index (κ3) is 4.08. The van der Waals surface area contributed by atoms with E-state index in [4.69, 9.17) is 0 Å². The number of nitrogens with one attached hydrogen (secondary N) is 1. The van der Waals surface area contributed by atoms with Gasteiger partial charge in [0.1, 0.15) is 11.6 Å². The Morgan fingerprint density at radius 1 is 1.17 bits per heavy atom. The van der Waals surface area contributed by atoms with Crippen LogP contribution in [0.25, 0.3) is 6.08 Å². The molecular weight excluding hydrogens is 352 g/mol. The molecule has 0 radical (unpaired) electrons. The molecule has 2 aromatic carbocycles. The van der Waals surface area contributed by atoms with Gasteiger partial charge in [-0.15, -0.1) is 0 Å². The van der Waals surface area contributed by atoms with Gasteiger partial charge in [-0.25, -0.2) is 0 Å². The van der Waals surface area contributed by atoms with Gasteiger partial charge in [0.15, 0.2) is 0 Å². The molecule has 116 valence electrons. The molecule has 0 saturated carbocycles. The van der Waals surface area contributed by atoms with Gasteiger partial charge in [-0.05, 0) is 49.6 Å². The van der Waals surface area contributed by atoms with Crippen LogP contribution >= 0.6 is 15.9 Å². The number of anilines is 1. The van der Waals surface area contributed by atoms with Gasteiger partial charge in [0.2, 0.25) is 0 Å². The summed E-state index contributed by atoms with van der Waals surface area (Å²) in [6.07, 6.45) is 1.58. The highest BCUT2D eigenvalue weighted by Gasteiger charge is 2.13. The molecule has 0 unspecified atom stereocenters. The maximum Gasteiger partial charge on any atom is 0.266 e. The SMILES string of the molecule is Cc1cc(C)c(NC(=O)/C(C#N)=C\c2ccccc2Br)c(C)c1. The molecule has 23 heavy (non-hydrogen) atoms. The predicted octanol–water partition coefficient (Wildman–Crippen LogP) is 4.92. The van der Waals surface area contributed by atoms with Gasteiger partial charge >= 0.3 is 0 Å². The van der Waals surface area contributed by atoms with Crippen molar-refractivity contribution in [1.82, 2.24) is 0 Å². The minimum absolute atomic E-state index is 0.0660. The molecule has 0 aromatic heterocycles. The van der Waals surface area contributed by atoms with Gasteiger partial charge in [0.05, 0.1) is 0 Å². The molecule has 2 aromatic rings. The van der Waals surface area contributed by atoms with E-state index in [0.29, 0.717) is 0 Å². The van der Waals surface area contributed by atoms with E-state index in [9.17, 15) is 10.1 Å². The third-order valence-corrected chi connectivity index (χ3v) is 4.21. The average Bonchev–Trinajstić information content (AvgIpc) is 2.49. The van der Waals surface area contributed by atoms with Gasteiger partial charge < -0.3 is 5.32 Å². The average molecular weight is 369 g/mol. The zero-order valence-electron chi connectivity index (χ0n) is 13.3. The maximum atomic E-state index is 12.4. The summed E-state index contributed by atoms with van der Waals surface area (Å²) in [5.74, 6) is -0.404. The number of aryl methyl sites for hydroxylation is 3. The number of nitrogens with zero attached hydrogens (tertiary/aromatic N) is 1. The van der Waals surface area contributed by atoms with E-state index in [1.54, 1.807) is 6.08 Å². The van der Waals surface area contributed by atoms with Crippen molar-refractivity contribution in [3.8, 4) is 6.07 Å². The Bertz CT molecular complexity index is 808. The van der Waals surface area contributed by atoms with Gasteiger partial charge in [0.25, 0.3) is 5.91 Å². The summed E-state index contributed by atoms with van der Waals surface area (Å²) in [6.45, 7) is 5.90. The second-order valence-electron chi connectivity index (χ2n) is 5.42. The molecule has 0 aliphatic heterocycles.